The molecule has 3 N–H and O–H groups in total. The Morgan fingerprint density at radius 2 is 1.18 bits per heavy atom. The van der Waals surface area contributed by atoms with Crippen molar-refractivity contribution in [2.24, 2.45) is 0 Å². The van der Waals surface area contributed by atoms with Crippen LogP contribution in [0.1, 0.15) is 85.3 Å². The number of carbonyl (C=O) groups excluding carboxylic acids is 3. The Bertz CT molecular complexity index is 2060. The van der Waals surface area contributed by atoms with Crippen molar-refractivity contribution in [2.45, 2.75) is 87.5 Å². The van der Waals surface area contributed by atoms with Gasteiger partial charge < -0.3 is 24.8 Å². The van der Waals surface area contributed by atoms with Crippen LogP contribution >= 0.6 is 0 Å². The van der Waals surface area contributed by atoms with Crippen LogP contribution < -0.4 is 16.0 Å². The van der Waals surface area contributed by atoms with E-state index in [1.807, 2.05) is 0 Å². The third kappa shape index (κ3) is 12.5. The highest BCUT2D eigenvalue weighted by atomic mass is 19.4. The predicted octanol–water partition coefficient (Wildman–Crippen LogP) is 9.62. The van der Waals surface area contributed by atoms with E-state index in [2.05, 4.69) is 20.7 Å². The van der Waals surface area contributed by atoms with E-state index in [9.17, 15) is 67.1 Å². The number of benzene rings is 3. The van der Waals surface area contributed by atoms with Gasteiger partial charge in [-0.1, -0.05) is 36.4 Å². The summed E-state index contributed by atoms with van der Waals surface area (Å²) in [4.78, 5) is 35.0. The number of amides is 3. The van der Waals surface area contributed by atoms with Gasteiger partial charge in [-0.05, 0) is 80.8 Å². The molecule has 3 amide bonds. The smallest absolute Gasteiger partial charge is 0.416 e. The summed E-state index contributed by atoms with van der Waals surface area (Å²) in [6, 6.07) is 10.8. The van der Waals surface area contributed by atoms with Gasteiger partial charge in [0.2, 0.25) is 0 Å². The minimum absolute atomic E-state index is 0.0567. The van der Waals surface area contributed by atoms with Crippen molar-refractivity contribution in [1.29, 1.82) is 0 Å². The maximum atomic E-state index is 13.1. The fourth-order valence-corrected chi connectivity index (χ4v) is 6.63. The molecule has 0 bridgehead atoms. The number of carbonyl (C=O) groups is 3. The number of hydrogen-bond acceptors (Lipinski definition) is 7. The standard InChI is InChI=1S/C23H22F6O3.C18H19F6N3O3/c1-15(16-11-18(22(24,25)26)13-19(12-16)23(27,28)29)32-14-21(2,10-9-20(30)31-3)17-7-5-4-6-8-17;1-9(10-3-11(17(19,20)21)5-12(4-10)18(22,23)24)30-8-15(2)6-16(7-25-15)13(28)26-14(29)27-16/h4-13,15H,14H2,1-3H3;3-5,9,25H,6-8H2,1-2H3,(H2,26,27,28,29)/b10-9-;/t15-,21+;9-,15-,16?/m11/s1. The van der Waals surface area contributed by atoms with Crippen LogP contribution in [-0.2, 0) is 53.9 Å². The highest BCUT2D eigenvalue weighted by molar-refractivity contribution is 6.07. The molecule has 1 spiro atoms. The largest absolute Gasteiger partial charge is 0.466 e. The van der Waals surface area contributed by atoms with E-state index in [4.69, 9.17) is 9.47 Å². The summed E-state index contributed by atoms with van der Waals surface area (Å²) in [5.41, 5.74) is -8.38. The van der Waals surface area contributed by atoms with Gasteiger partial charge in [-0.3, -0.25) is 10.1 Å². The lowest BCUT2D eigenvalue weighted by Gasteiger charge is -2.29. The molecule has 0 aliphatic carbocycles. The topological polar surface area (TPSA) is 115 Å². The zero-order valence-electron chi connectivity index (χ0n) is 33.5. The molecule has 21 heteroatoms. The first-order valence-electron chi connectivity index (χ1n) is 18.4. The molecule has 2 heterocycles. The van der Waals surface area contributed by atoms with Gasteiger partial charge in [0.15, 0.2) is 0 Å². The Labute approximate surface area is 347 Å². The second kappa shape index (κ2) is 18.3. The van der Waals surface area contributed by atoms with E-state index in [0.29, 0.717) is 24.3 Å². The Hall–Kier alpha value is -5.15. The number of rotatable bonds is 11. The summed E-state index contributed by atoms with van der Waals surface area (Å²) in [6.45, 7) is 5.99. The molecule has 3 aromatic carbocycles. The molecule has 2 aliphatic heterocycles. The molecule has 2 aliphatic rings. The second-order valence-electron chi connectivity index (χ2n) is 15.3. The highest BCUT2D eigenvalue weighted by Gasteiger charge is 2.55. The minimum Gasteiger partial charge on any atom is -0.466 e. The van der Waals surface area contributed by atoms with E-state index >= 15 is 0 Å². The van der Waals surface area contributed by atoms with Crippen molar-refractivity contribution in [2.75, 3.05) is 26.9 Å². The highest BCUT2D eigenvalue weighted by Crippen LogP contribution is 2.40. The quantitative estimate of drug-likeness (QED) is 0.0761. The Balaban J connectivity index is 0.000000273. The van der Waals surface area contributed by atoms with Crippen LogP contribution in [-0.4, -0.2) is 55.9 Å². The van der Waals surface area contributed by atoms with Crippen molar-refractivity contribution in [3.05, 3.63) is 118 Å². The van der Waals surface area contributed by atoms with Gasteiger partial charge in [-0.25, -0.2) is 9.59 Å². The molecule has 2 saturated heterocycles. The first-order chi connectivity index (χ1) is 28.4. The first-order valence-corrected chi connectivity index (χ1v) is 18.4. The summed E-state index contributed by atoms with van der Waals surface area (Å²) in [5, 5.41) is 7.70. The average molecular weight is 900 g/mol. The molecular weight excluding hydrogens is 858 g/mol. The number of alkyl halides is 12. The fraction of sp³-hybridized carbons (Fsp3) is 0.439. The molecule has 340 valence electrons. The summed E-state index contributed by atoms with van der Waals surface area (Å²) in [7, 11) is 1.21. The van der Waals surface area contributed by atoms with Crippen molar-refractivity contribution in [1.82, 2.24) is 16.0 Å². The van der Waals surface area contributed by atoms with E-state index in [1.165, 1.54) is 33.1 Å². The number of halogens is 12. The van der Waals surface area contributed by atoms with Crippen LogP contribution in [0.3, 0.4) is 0 Å². The maximum Gasteiger partial charge on any atom is 0.416 e. The lowest BCUT2D eigenvalue weighted by Crippen LogP contribution is -2.48. The number of urea groups is 1. The second-order valence-corrected chi connectivity index (χ2v) is 15.3. The van der Waals surface area contributed by atoms with Crippen LogP contribution in [0.25, 0.3) is 0 Å². The number of imide groups is 1. The van der Waals surface area contributed by atoms with Crippen molar-refractivity contribution < 1.29 is 81.3 Å². The van der Waals surface area contributed by atoms with E-state index in [-0.39, 0.29) is 49.4 Å². The fourth-order valence-electron chi connectivity index (χ4n) is 6.63. The summed E-state index contributed by atoms with van der Waals surface area (Å²) in [6.07, 6.45) is -19.1. The number of hydrogen-bond donors (Lipinski definition) is 3. The molecule has 3 aromatic rings. The zero-order valence-corrected chi connectivity index (χ0v) is 33.5. The molecule has 62 heavy (non-hydrogen) atoms. The Kier molecular flexibility index (Phi) is 14.6. The molecule has 1 unspecified atom stereocenters. The molecule has 0 aromatic heterocycles. The van der Waals surface area contributed by atoms with Crippen molar-refractivity contribution in [3.63, 3.8) is 0 Å². The molecular formula is C41H41F12N3O6. The monoisotopic (exact) mass is 899 g/mol. The lowest BCUT2D eigenvalue weighted by molar-refractivity contribution is -0.144. The maximum absolute atomic E-state index is 13.1. The zero-order chi connectivity index (χ0) is 46.7. The third-order valence-corrected chi connectivity index (χ3v) is 10.2. The third-order valence-electron chi connectivity index (χ3n) is 10.2. The summed E-state index contributed by atoms with van der Waals surface area (Å²) < 4.78 is 173. The molecule has 5 rings (SSSR count). The van der Waals surface area contributed by atoms with Gasteiger partial charge in [0.25, 0.3) is 5.91 Å². The lowest BCUT2D eigenvalue weighted by atomic mass is 9.83. The van der Waals surface area contributed by atoms with Crippen molar-refractivity contribution in [3.8, 4) is 0 Å². The van der Waals surface area contributed by atoms with Gasteiger partial charge in [0.05, 0.1) is 54.8 Å². The summed E-state index contributed by atoms with van der Waals surface area (Å²) >= 11 is 0. The van der Waals surface area contributed by atoms with Crippen LogP contribution in [0.4, 0.5) is 57.5 Å². The van der Waals surface area contributed by atoms with Gasteiger partial charge >= 0.3 is 36.7 Å². The average Bonchev–Trinajstić information content (AvgIpc) is 3.68. The molecule has 0 saturated carbocycles. The summed E-state index contributed by atoms with van der Waals surface area (Å²) in [5.74, 6) is -1.13. The van der Waals surface area contributed by atoms with E-state index < -0.39 is 93.6 Å². The number of nitrogens with one attached hydrogen (secondary N) is 3. The van der Waals surface area contributed by atoms with Gasteiger partial charge in [-0.15, -0.1) is 0 Å². The molecule has 2 fully saturated rings. The number of ether oxygens (including phenoxy) is 3. The van der Waals surface area contributed by atoms with Gasteiger partial charge in [0.1, 0.15) is 5.54 Å². The minimum atomic E-state index is -4.95. The first kappa shape index (κ1) is 49.5. The SMILES string of the molecule is COC(=O)/C=C\[C@@](C)(CO[C@H](C)c1cc(C(F)(F)F)cc(C(F)(F)F)c1)c1ccccc1.C[C@@H](OC[C@@]1(C)CC2(CN1)NC(=O)NC2=O)c1cc(C(F)(F)F)cc(C(F)(F)F)c1. The Morgan fingerprint density at radius 1 is 0.726 bits per heavy atom. The van der Waals surface area contributed by atoms with Crippen LogP contribution in [0, 0.1) is 0 Å². The normalized spacial score (nSPS) is 21.5. The van der Waals surface area contributed by atoms with E-state index in [1.54, 1.807) is 44.2 Å². The van der Waals surface area contributed by atoms with Crippen LogP contribution in [0.2, 0.25) is 0 Å². The molecule has 5 atom stereocenters. The molecule has 9 nitrogen and oxygen atoms in total. The van der Waals surface area contributed by atoms with Crippen molar-refractivity contribution >= 4 is 17.9 Å². The molecule has 0 radical (unpaired) electrons. The van der Waals surface area contributed by atoms with Gasteiger partial charge in [-0.2, -0.15) is 52.7 Å². The van der Waals surface area contributed by atoms with Crippen LogP contribution in [0.15, 0.2) is 78.9 Å². The predicted molar refractivity (Wildman–Crippen MR) is 197 cm³/mol. The van der Waals surface area contributed by atoms with Gasteiger partial charge in [0, 0.05) is 30.0 Å². The van der Waals surface area contributed by atoms with E-state index in [0.717, 1.165) is 5.56 Å². The van der Waals surface area contributed by atoms with Crippen LogP contribution in [0.5, 0.6) is 0 Å². The number of esters is 1. The Morgan fingerprint density at radius 3 is 1.58 bits per heavy atom. The number of methoxy groups -OCH3 is 1.